The number of thioether (sulfide) groups is 1. The molecule has 2 aromatic carbocycles. The van der Waals surface area contributed by atoms with Crippen molar-refractivity contribution in [2.24, 2.45) is 7.05 Å². The molecule has 3 aromatic rings. The van der Waals surface area contributed by atoms with Crippen LogP contribution in [0.25, 0.3) is 11.3 Å². The zero-order valence-corrected chi connectivity index (χ0v) is 15.0. The second-order valence-electron chi connectivity index (χ2n) is 5.51. The summed E-state index contributed by atoms with van der Waals surface area (Å²) in [5.74, 6) is -0.510. The molecule has 0 saturated heterocycles. The molecule has 132 valence electrons. The van der Waals surface area contributed by atoms with E-state index in [1.54, 1.807) is 30.5 Å². The molecular weight excluding hydrogens is 348 g/mol. The number of imidazole rings is 1. The van der Waals surface area contributed by atoms with E-state index in [-0.39, 0.29) is 17.6 Å². The van der Waals surface area contributed by atoms with E-state index in [1.807, 2.05) is 48.0 Å². The van der Waals surface area contributed by atoms with Gasteiger partial charge in [0.25, 0.3) is 5.91 Å². The zero-order valence-electron chi connectivity index (χ0n) is 14.2. The highest BCUT2D eigenvalue weighted by Crippen LogP contribution is 2.24. The lowest BCUT2D eigenvalue weighted by atomic mass is 10.2. The summed E-state index contributed by atoms with van der Waals surface area (Å²) >= 11 is 1.31. The molecule has 3 rings (SSSR count). The Bertz CT molecular complexity index is 894. The van der Waals surface area contributed by atoms with Gasteiger partial charge in [0.1, 0.15) is 0 Å². The molecule has 0 spiro atoms. The Morgan fingerprint density at radius 1 is 1.00 bits per heavy atom. The lowest BCUT2D eigenvalue weighted by Gasteiger charge is -2.08. The van der Waals surface area contributed by atoms with Crippen molar-refractivity contribution in [1.29, 1.82) is 0 Å². The number of benzene rings is 2. The number of carbonyl (C=O) groups excluding carboxylic acids is 2. The first-order valence-electron chi connectivity index (χ1n) is 7.99. The summed E-state index contributed by atoms with van der Waals surface area (Å²) in [5, 5.41) is 0.730. The van der Waals surface area contributed by atoms with Crippen LogP contribution in [0.15, 0.2) is 72.0 Å². The van der Waals surface area contributed by atoms with Crippen LogP contribution in [0.4, 0.5) is 0 Å². The van der Waals surface area contributed by atoms with E-state index in [0.29, 0.717) is 5.56 Å². The highest BCUT2D eigenvalue weighted by molar-refractivity contribution is 7.99. The van der Waals surface area contributed by atoms with Crippen LogP contribution < -0.4 is 10.9 Å². The van der Waals surface area contributed by atoms with Crippen LogP contribution in [0.2, 0.25) is 0 Å². The smallest absolute Gasteiger partial charge is 0.269 e. The number of amides is 2. The van der Waals surface area contributed by atoms with Crippen LogP contribution in [-0.4, -0.2) is 27.1 Å². The number of aromatic nitrogens is 2. The van der Waals surface area contributed by atoms with Crippen LogP contribution >= 0.6 is 11.8 Å². The van der Waals surface area contributed by atoms with E-state index in [1.165, 1.54) is 11.8 Å². The van der Waals surface area contributed by atoms with E-state index >= 15 is 0 Å². The molecule has 0 saturated carbocycles. The van der Waals surface area contributed by atoms with Gasteiger partial charge in [0.05, 0.1) is 17.6 Å². The Hall–Kier alpha value is -3.06. The van der Waals surface area contributed by atoms with E-state index < -0.39 is 0 Å². The third-order valence-corrected chi connectivity index (χ3v) is 4.74. The van der Waals surface area contributed by atoms with E-state index in [2.05, 4.69) is 15.8 Å². The molecule has 6 nitrogen and oxygen atoms in total. The number of hydrazine groups is 1. The first-order chi connectivity index (χ1) is 12.6. The monoisotopic (exact) mass is 366 g/mol. The van der Waals surface area contributed by atoms with Crippen LogP contribution in [0.3, 0.4) is 0 Å². The molecule has 0 radical (unpaired) electrons. The van der Waals surface area contributed by atoms with Gasteiger partial charge in [-0.15, -0.1) is 0 Å². The Kier molecular flexibility index (Phi) is 5.70. The topological polar surface area (TPSA) is 76.0 Å². The van der Waals surface area contributed by atoms with Crippen molar-refractivity contribution in [3.05, 3.63) is 72.4 Å². The number of nitrogens with one attached hydrogen (secondary N) is 2. The third-order valence-electron chi connectivity index (χ3n) is 3.70. The quantitative estimate of drug-likeness (QED) is 0.538. The normalized spacial score (nSPS) is 10.3. The average Bonchev–Trinajstić information content (AvgIpc) is 3.06. The highest BCUT2D eigenvalue weighted by atomic mass is 32.2. The van der Waals surface area contributed by atoms with Gasteiger partial charge in [-0.25, -0.2) is 4.98 Å². The molecule has 2 amide bonds. The van der Waals surface area contributed by atoms with Crippen molar-refractivity contribution in [2.45, 2.75) is 5.16 Å². The molecule has 0 aliphatic carbocycles. The molecule has 1 aromatic heterocycles. The van der Waals surface area contributed by atoms with Gasteiger partial charge < -0.3 is 4.57 Å². The van der Waals surface area contributed by atoms with Crippen LogP contribution in [0.5, 0.6) is 0 Å². The molecule has 0 fully saturated rings. The van der Waals surface area contributed by atoms with Crippen molar-refractivity contribution in [3.63, 3.8) is 0 Å². The van der Waals surface area contributed by atoms with Gasteiger partial charge in [0.2, 0.25) is 5.91 Å². The molecule has 2 N–H and O–H groups in total. The fraction of sp³-hybridized carbons (Fsp3) is 0.105. The van der Waals surface area contributed by atoms with Crippen molar-refractivity contribution in [3.8, 4) is 11.3 Å². The van der Waals surface area contributed by atoms with Gasteiger partial charge in [-0.05, 0) is 17.7 Å². The lowest BCUT2D eigenvalue weighted by Crippen LogP contribution is -2.42. The molecule has 0 unspecified atom stereocenters. The van der Waals surface area contributed by atoms with Gasteiger partial charge in [-0.1, -0.05) is 60.3 Å². The molecule has 26 heavy (non-hydrogen) atoms. The Balaban J connectivity index is 1.52. The molecule has 0 bridgehead atoms. The van der Waals surface area contributed by atoms with Crippen molar-refractivity contribution >= 4 is 23.6 Å². The predicted molar refractivity (Wildman–Crippen MR) is 101 cm³/mol. The Labute approximate surface area is 155 Å². The Morgan fingerprint density at radius 2 is 1.65 bits per heavy atom. The summed E-state index contributed by atoms with van der Waals surface area (Å²) < 4.78 is 1.94. The number of carbonyl (C=O) groups is 2. The third kappa shape index (κ3) is 4.31. The maximum absolute atomic E-state index is 12.0. The van der Waals surface area contributed by atoms with Crippen LogP contribution in [0, 0.1) is 0 Å². The summed E-state index contributed by atoms with van der Waals surface area (Å²) in [6, 6.07) is 18.6. The summed E-state index contributed by atoms with van der Waals surface area (Å²) in [6.45, 7) is 0. The summed E-state index contributed by atoms with van der Waals surface area (Å²) in [5.41, 5.74) is 7.34. The molecule has 0 aliphatic rings. The fourth-order valence-electron chi connectivity index (χ4n) is 2.36. The first-order valence-corrected chi connectivity index (χ1v) is 8.98. The second kappa shape index (κ2) is 8.35. The maximum atomic E-state index is 12.0. The molecule has 1 heterocycles. The maximum Gasteiger partial charge on any atom is 0.269 e. The number of rotatable bonds is 5. The molecule has 0 aliphatic heterocycles. The number of hydrogen-bond donors (Lipinski definition) is 2. The van der Waals surface area contributed by atoms with Crippen molar-refractivity contribution < 1.29 is 9.59 Å². The second-order valence-corrected chi connectivity index (χ2v) is 6.45. The number of nitrogens with zero attached hydrogens (tertiary/aromatic N) is 2. The molecular formula is C19H18N4O2S. The van der Waals surface area contributed by atoms with Crippen molar-refractivity contribution in [1.82, 2.24) is 20.4 Å². The largest absolute Gasteiger partial charge is 0.322 e. The highest BCUT2D eigenvalue weighted by Gasteiger charge is 2.12. The van der Waals surface area contributed by atoms with Crippen LogP contribution in [-0.2, 0) is 11.8 Å². The molecule has 7 heteroatoms. The van der Waals surface area contributed by atoms with Crippen molar-refractivity contribution in [2.75, 3.05) is 5.75 Å². The zero-order chi connectivity index (χ0) is 18.4. The minimum atomic E-state index is -0.354. The Morgan fingerprint density at radius 3 is 2.35 bits per heavy atom. The first kappa shape index (κ1) is 17.8. The van der Waals surface area contributed by atoms with Gasteiger partial charge in [-0.2, -0.15) is 0 Å². The minimum absolute atomic E-state index is 0.147. The summed E-state index contributed by atoms with van der Waals surface area (Å²) in [7, 11) is 1.91. The van der Waals surface area contributed by atoms with E-state index in [0.717, 1.165) is 16.4 Å². The average molecular weight is 366 g/mol. The van der Waals surface area contributed by atoms with E-state index in [9.17, 15) is 9.59 Å². The van der Waals surface area contributed by atoms with Gasteiger partial charge in [0.15, 0.2) is 5.16 Å². The number of hydrogen-bond acceptors (Lipinski definition) is 4. The van der Waals surface area contributed by atoms with Gasteiger partial charge in [0, 0.05) is 12.6 Å². The minimum Gasteiger partial charge on any atom is -0.322 e. The van der Waals surface area contributed by atoms with E-state index in [4.69, 9.17) is 0 Å². The summed E-state index contributed by atoms with van der Waals surface area (Å²) in [6.07, 6.45) is 1.78. The SMILES string of the molecule is Cn1c(-c2ccccc2)cnc1SCC(=O)NNC(=O)c1ccccc1. The standard InChI is InChI=1S/C19H18N4O2S/c1-23-16(14-8-4-2-5-9-14)12-20-19(23)26-13-17(24)21-22-18(25)15-10-6-3-7-11-15/h2-12H,13H2,1H3,(H,21,24)(H,22,25). The predicted octanol–water partition coefficient (Wildman–Crippen LogP) is 2.64. The van der Waals surface area contributed by atoms with Gasteiger partial charge >= 0.3 is 0 Å². The summed E-state index contributed by atoms with van der Waals surface area (Å²) in [4.78, 5) is 28.2. The molecule has 0 atom stereocenters. The van der Waals surface area contributed by atoms with Crippen LogP contribution in [0.1, 0.15) is 10.4 Å². The lowest BCUT2D eigenvalue weighted by molar-refractivity contribution is -0.119. The fourth-order valence-corrected chi connectivity index (χ4v) is 3.11. The van der Waals surface area contributed by atoms with Gasteiger partial charge in [-0.3, -0.25) is 20.4 Å².